The van der Waals surface area contributed by atoms with Gasteiger partial charge in [0.2, 0.25) is 0 Å². The van der Waals surface area contributed by atoms with Crippen molar-refractivity contribution in [1.82, 2.24) is 4.90 Å². The van der Waals surface area contributed by atoms with Gasteiger partial charge in [-0.2, -0.15) is 0 Å². The third-order valence-corrected chi connectivity index (χ3v) is 4.69. The van der Waals surface area contributed by atoms with E-state index in [-0.39, 0.29) is 18.3 Å². The highest BCUT2D eigenvalue weighted by Gasteiger charge is 2.15. The SMILES string of the molecule is CC1CCN(Cc2ccc(NC(=O)COc3cccc(F)c3)cc2)CC1. The van der Waals surface area contributed by atoms with Gasteiger partial charge in [-0.05, 0) is 61.7 Å². The summed E-state index contributed by atoms with van der Waals surface area (Å²) in [6.07, 6.45) is 2.53. The number of rotatable bonds is 6. The van der Waals surface area contributed by atoms with Gasteiger partial charge in [0, 0.05) is 18.3 Å². The number of nitrogens with one attached hydrogen (secondary N) is 1. The fourth-order valence-electron chi connectivity index (χ4n) is 3.07. The molecule has 2 aromatic rings. The van der Waals surface area contributed by atoms with Crippen molar-refractivity contribution >= 4 is 11.6 Å². The van der Waals surface area contributed by atoms with Crippen LogP contribution in [-0.4, -0.2) is 30.5 Å². The van der Waals surface area contributed by atoms with Gasteiger partial charge in [-0.25, -0.2) is 4.39 Å². The van der Waals surface area contributed by atoms with E-state index in [1.165, 1.54) is 30.5 Å². The first-order valence-corrected chi connectivity index (χ1v) is 9.08. The van der Waals surface area contributed by atoms with Crippen molar-refractivity contribution in [3.63, 3.8) is 0 Å². The van der Waals surface area contributed by atoms with Gasteiger partial charge in [0.1, 0.15) is 11.6 Å². The van der Waals surface area contributed by atoms with Gasteiger partial charge < -0.3 is 10.1 Å². The van der Waals surface area contributed by atoms with Crippen LogP contribution in [-0.2, 0) is 11.3 Å². The second-order valence-corrected chi connectivity index (χ2v) is 6.95. The van der Waals surface area contributed by atoms with Crippen LogP contribution in [0.25, 0.3) is 0 Å². The molecule has 138 valence electrons. The summed E-state index contributed by atoms with van der Waals surface area (Å²) in [5, 5.41) is 2.79. The fraction of sp³-hybridized carbons (Fsp3) is 0.381. The van der Waals surface area contributed by atoms with Crippen LogP contribution in [0.4, 0.5) is 10.1 Å². The molecule has 0 aliphatic carbocycles. The van der Waals surface area contributed by atoms with Crippen LogP contribution in [0.1, 0.15) is 25.3 Å². The minimum atomic E-state index is -0.387. The van der Waals surface area contributed by atoms with Crippen molar-refractivity contribution in [3.8, 4) is 5.75 Å². The van der Waals surface area contributed by atoms with Crippen molar-refractivity contribution in [2.45, 2.75) is 26.3 Å². The van der Waals surface area contributed by atoms with Gasteiger partial charge in [0.05, 0.1) is 0 Å². The quantitative estimate of drug-likeness (QED) is 0.848. The van der Waals surface area contributed by atoms with Gasteiger partial charge in [0.15, 0.2) is 6.61 Å². The first kappa shape index (κ1) is 18.4. The molecule has 0 radical (unpaired) electrons. The predicted molar refractivity (Wildman–Crippen MR) is 101 cm³/mol. The highest BCUT2D eigenvalue weighted by Crippen LogP contribution is 2.19. The lowest BCUT2D eigenvalue weighted by Crippen LogP contribution is -2.32. The Bertz CT molecular complexity index is 725. The molecule has 1 aliphatic rings. The van der Waals surface area contributed by atoms with E-state index in [1.807, 2.05) is 24.3 Å². The Hall–Kier alpha value is -2.40. The smallest absolute Gasteiger partial charge is 0.262 e. The maximum absolute atomic E-state index is 13.1. The summed E-state index contributed by atoms with van der Waals surface area (Å²) in [5.41, 5.74) is 1.97. The number of benzene rings is 2. The lowest BCUT2D eigenvalue weighted by atomic mass is 9.99. The number of amides is 1. The molecule has 0 unspecified atom stereocenters. The second kappa shape index (κ2) is 8.81. The molecule has 5 heteroatoms. The van der Waals surface area contributed by atoms with Crippen LogP contribution in [0.15, 0.2) is 48.5 Å². The Morgan fingerprint density at radius 3 is 2.62 bits per heavy atom. The summed E-state index contributed by atoms with van der Waals surface area (Å²) < 4.78 is 18.4. The molecular formula is C21H25FN2O2. The molecule has 1 fully saturated rings. The van der Waals surface area contributed by atoms with Gasteiger partial charge in [-0.1, -0.05) is 25.1 Å². The number of piperidine rings is 1. The lowest BCUT2D eigenvalue weighted by molar-refractivity contribution is -0.118. The molecule has 1 amide bonds. The van der Waals surface area contributed by atoms with Crippen molar-refractivity contribution < 1.29 is 13.9 Å². The largest absolute Gasteiger partial charge is 0.484 e. The zero-order valence-corrected chi connectivity index (χ0v) is 15.1. The highest BCUT2D eigenvalue weighted by atomic mass is 19.1. The summed E-state index contributed by atoms with van der Waals surface area (Å²) in [7, 11) is 0. The van der Waals surface area contributed by atoms with E-state index in [1.54, 1.807) is 12.1 Å². The van der Waals surface area contributed by atoms with E-state index in [4.69, 9.17) is 4.74 Å². The summed E-state index contributed by atoms with van der Waals surface area (Å²) in [6, 6.07) is 13.6. The average molecular weight is 356 g/mol. The third-order valence-electron chi connectivity index (χ3n) is 4.69. The van der Waals surface area contributed by atoms with E-state index < -0.39 is 0 Å². The van der Waals surface area contributed by atoms with Gasteiger partial charge >= 0.3 is 0 Å². The number of hydrogen-bond donors (Lipinski definition) is 1. The van der Waals surface area contributed by atoms with E-state index >= 15 is 0 Å². The van der Waals surface area contributed by atoms with Gasteiger partial charge in [-0.3, -0.25) is 9.69 Å². The molecule has 1 heterocycles. The van der Waals surface area contributed by atoms with Crippen molar-refractivity contribution in [3.05, 3.63) is 59.9 Å². The first-order valence-electron chi connectivity index (χ1n) is 9.08. The Balaban J connectivity index is 1.45. The number of likely N-dealkylation sites (tertiary alicyclic amines) is 1. The van der Waals surface area contributed by atoms with E-state index in [0.29, 0.717) is 5.75 Å². The normalized spacial score (nSPS) is 15.6. The minimum absolute atomic E-state index is 0.156. The summed E-state index contributed by atoms with van der Waals surface area (Å²) in [5.74, 6) is 0.512. The number of halogens is 1. The molecule has 0 aromatic heterocycles. The number of ether oxygens (including phenoxy) is 1. The van der Waals surface area contributed by atoms with Crippen LogP contribution in [0.2, 0.25) is 0 Å². The molecule has 1 N–H and O–H groups in total. The van der Waals surface area contributed by atoms with Crippen molar-refractivity contribution in [1.29, 1.82) is 0 Å². The van der Waals surface area contributed by atoms with Crippen LogP contribution < -0.4 is 10.1 Å². The maximum atomic E-state index is 13.1. The van der Waals surface area contributed by atoms with Crippen LogP contribution in [0.3, 0.4) is 0 Å². The first-order chi connectivity index (χ1) is 12.6. The summed E-state index contributed by atoms with van der Waals surface area (Å²) in [4.78, 5) is 14.4. The number of anilines is 1. The third kappa shape index (κ3) is 5.56. The Labute approximate surface area is 154 Å². The predicted octanol–water partition coefficient (Wildman–Crippen LogP) is 4.08. The highest BCUT2D eigenvalue weighted by molar-refractivity contribution is 5.91. The van der Waals surface area contributed by atoms with Crippen molar-refractivity contribution in [2.75, 3.05) is 25.0 Å². The summed E-state index contributed by atoms with van der Waals surface area (Å²) >= 11 is 0. The molecule has 1 saturated heterocycles. The zero-order chi connectivity index (χ0) is 18.4. The molecule has 2 aromatic carbocycles. The van der Waals surface area contributed by atoms with Crippen LogP contribution in [0, 0.1) is 11.7 Å². The van der Waals surface area contributed by atoms with Gasteiger partial charge in [0.25, 0.3) is 5.91 Å². The van der Waals surface area contributed by atoms with Crippen LogP contribution in [0.5, 0.6) is 5.75 Å². The zero-order valence-electron chi connectivity index (χ0n) is 15.1. The number of carbonyl (C=O) groups is 1. The molecule has 0 saturated carbocycles. The fourth-order valence-corrected chi connectivity index (χ4v) is 3.07. The number of carbonyl (C=O) groups excluding carboxylic acids is 1. The Morgan fingerprint density at radius 1 is 1.19 bits per heavy atom. The molecule has 0 spiro atoms. The monoisotopic (exact) mass is 356 g/mol. The Kier molecular flexibility index (Phi) is 6.23. The molecule has 0 atom stereocenters. The Morgan fingerprint density at radius 2 is 1.92 bits per heavy atom. The van der Waals surface area contributed by atoms with E-state index in [9.17, 15) is 9.18 Å². The average Bonchev–Trinajstić information content (AvgIpc) is 2.64. The summed E-state index contributed by atoms with van der Waals surface area (Å²) in [6.45, 7) is 5.40. The van der Waals surface area contributed by atoms with Crippen molar-refractivity contribution in [2.24, 2.45) is 5.92 Å². The number of nitrogens with zero attached hydrogens (tertiary/aromatic N) is 1. The lowest BCUT2D eigenvalue weighted by Gasteiger charge is -2.30. The second-order valence-electron chi connectivity index (χ2n) is 6.95. The molecule has 3 rings (SSSR count). The van der Waals surface area contributed by atoms with Gasteiger partial charge in [-0.15, -0.1) is 0 Å². The van der Waals surface area contributed by atoms with E-state index in [0.717, 1.165) is 31.2 Å². The van der Waals surface area contributed by atoms with Crippen LogP contribution >= 0.6 is 0 Å². The molecular weight excluding hydrogens is 331 g/mol. The molecule has 0 bridgehead atoms. The van der Waals surface area contributed by atoms with E-state index in [2.05, 4.69) is 17.1 Å². The molecule has 4 nitrogen and oxygen atoms in total. The topological polar surface area (TPSA) is 41.6 Å². The maximum Gasteiger partial charge on any atom is 0.262 e. The minimum Gasteiger partial charge on any atom is -0.484 e. The standard InChI is InChI=1S/C21H25FN2O2/c1-16-9-11-24(12-10-16)14-17-5-7-19(8-6-17)23-21(25)15-26-20-4-2-3-18(22)13-20/h2-8,13,16H,9-12,14-15H2,1H3,(H,23,25). The molecule has 1 aliphatic heterocycles. The molecule has 26 heavy (non-hydrogen) atoms. The number of hydrogen-bond acceptors (Lipinski definition) is 3.